The highest BCUT2D eigenvalue weighted by molar-refractivity contribution is 8.13. The second-order valence-electron chi connectivity index (χ2n) is 3.48. The molecule has 1 aliphatic rings. The lowest BCUT2D eigenvalue weighted by Gasteiger charge is -2.35. The molecule has 1 rings (SSSR count). The molecular weight excluding hydrogens is 198 g/mol. The fraction of sp³-hybridized carbons (Fsp3) is 0.778. The van der Waals surface area contributed by atoms with Gasteiger partial charge in [0.25, 0.3) is 0 Å². The summed E-state index contributed by atoms with van der Waals surface area (Å²) < 4.78 is 0. The Morgan fingerprint density at radius 3 is 2.93 bits per heavy atom. The molecule has 14 heavy (non-hydrogen) atoms. The van der Waals surface area contributed by atoms with Crippen LogP contribution in [-0.2, 0) is 0 Å². The molecule has 1 N–H and O–H groups in total. The number of hydrogen-bond acceptors (Lipinski definition) is 4. The number of nitrogens with zero attached hydrogens (tertiary/aromatic N) is 3. The zero-order chi connectivity index (χ0) is 10.6. The van der Waals surface area contributed by atoms with Gasteiger partial charge in [0, 0.05) is 13.1 Å². The molecule has 2 unspecified atom stereocenters. The quantitative estimate of drug-likeness (QED) is 0.369. The van der Waals surface area contributed by atoms with Gasteiger partial charge in [0.2, 0.25) is 6.19 Å². The molecule has 0 aromatic heterocycles. The van der Waals surface area contributed by atoms with Gasteiger partial charge < -0.3 is 10.0 Å². The Morgan fingerprint density at radius 2 is 2.43 bits per heavy atom. The minimum Gasteiger partial charge on any atom is -0.393 e. The van der Waals surface area contributed by atoms with Crippen molar-refractivity contribution in [1.82, 2.24) is 4.90 Å². The molecule has 0 aliphatic carbocycles. The van der Waals surface area contributed by atoms with Crippen molar-refractivity contribution in [2.75, 3.05) is 19.3 Å². The number of amidine groups is 1. The molecular formula is C9H15N3OS. The number of rotatable bonds is 0. The number of aliphatic hydroxyl groups is 1. The average molecular weight is 213 g/mol. The summed E-state index contributed by atoms with van der Waals surface area (Å²) in [5.74, 6) is 0.250. The molecule has 0 saturated carbocycles. The summed E-state index contributed by atoms with van der Waals surface area (Å²) in [6.07, 6.45) is 4.26. The number of likely N-dealkylation sites (tertiary alicyclic amines) is 1. The predicted octanol–water partition coefficient (Wildman–Crippen LogP) is 0.889. The lowest BCUT2D eigenvalue weighted by molar-refractivity contribution is 0.0599. The van der Waals surface area contributed by atoms with Gasteiger partial charge in [-0.2, -0.15) is 5.26 Å². The number of piperidine rings is 1. The van der Waals surface area contributed by atoms with Crippen LogP contribution in [0.3, 0.4) is 0 Å². The van der Waals surface area contributed by atoms with E-state index in [0.717, 1.165) is 24.7 Å². The van der Waals surface area contributed by atoms with E-state index in [4.69, 9.17) is 5.26 Å². The van der Waals surface area contributed by atoms with Crippen LogP contribution in [0.2, 0.25) is 0 Å². The molecule has 0 aromatic rings. The molecule has 1 heterocycles. The van der Waals surface area contributed by atoms with Gasteiger partial charge in [0.1, 0.15) is 0 Å². The minimum absolute atomic E-state index is 0.212. The third-order valence-corrected chi connectivity index (χ3v) is 3.17. The summed E-state index contributed by atoms with van der Waals surface area (Å²) in [6, 6.07) is 0. The largest absolute Gasteiger partial charge is 0.393 e. The topological polar surface area (TPSA) is 59.6 Å². The Hall–Kier alpha value is -0.730. The van der Waals surface area contributed by atoms with Crippen molar-refractivity contribution in [3.63, 3.8) is 0 Å². The maximum Gasteiger partial charge on any atom is 0.208 e. The van der Waals surface area contributed by atoms with E-state index >= 15 is 0 Å². The van der Waals surface area contributed by atoms with E-state index in [9.17, 15) is 5.11 Å². The van der Waals surface area contributed by atoms with Crippen molar-refractivity contribution in [2.24, 2.45) is 10.9 Å². The van der Waals surface area contributed by atoms with E-state index in [1.807, 2.05) is 13.2 Å². The molecule has 1 saturated heterocycles. The second kappa shape index (κ2) is 5.23. The second-order valence-corrected chi connectivity index (χ2v) is 4.25. The Labute approximate surface area is 88.6 Å². The smallest absolute Gasteiger partial charge is 0.208 e. The number of aliphatic hydroxyl groups excluding tert-OH is 1. The first-order chi connectivity index (χ1) is 6.69. The normalized spacial score (nSPS) is 28.7. The van der Waals surface area contributed by atoms with Crippen molar-refractivity contribution in [3.05, 3.63) is 0 Å². The molecule has 1 fully saturated rings. The molecule has 5 heteroatoms. The molecule has 0 aromatic carbocycles. The molecule has 0 radical (unpaired) electrons. The van der Waals surface area contributed by atoms with E-state index in [0.29, 0.717) is 0 Å². The molecule has 1 aliphatic heterocycles. The van der Waals surface area contributed by atoms with Crippen LogP contribution in [0.1, 0.15) is 13.3 Å². The molecule has 0 spiro atoms. The first kappa shape index (κ1) is 11.3. The van der Waals surface area contributed by atoms with Crippen molar-refractivity contribution in [2.45, 2.75) is 19.4 Å². The van der Waals surface area contributed by atoms with Crippen LogP contribution in [0, 0.1) is 17.4 Å². The van der Waals surface area contributed by atoms with Crippen LogP contribution in [0.4, 0.5) is 0 Å². The number of aliphatic imine (C=N–C) groups is 1. The standard InChI is InChI=1S/C9H15N3OS/c1-7-5-12(4-3-8(7)13)9(14-2)11-6-10/h7-8,13H,3-5H2,1-2H3. The highest BCUT2D eigenvalue weighted by Crippen LogP contribution is 2.19. The molecule has 0 amide bonds. The predicted molar refractivity (Wildman–Crippen MR) is 57.9 cm³/mol. The fourth-order valence-electron chi connectivity index (χ4n) is 1.60. The van der Waals surface area contributed by atoms with Crippen LogP contribution < -0.4 is 0 Å². The first-order valence-electron chi connectivity index (χ1n) is 4.62. The van der Waals surface area contributed by atoms with Crippen LogP contribution >= 0.6 is 11.8 Å². The van der Waals surface area contributed by atoms with E-state index < -0.39 is 0 Å². The Kier molecular flexibility index (Phi) is 4.23. The Balaban J connectivity index is 2.62. The summed E-state index contributed by atoms with van der Waals surface area (Å²) in [5.41, 5.74) is 0. The number of nitriles is 1. The lowest BCUT2D eigenvalue weighted by atomic mass is 9.97. The molecule has 2 atom stereocenters. The van der Waals surface area contributed by atoms with Gasteiger partial charge in [-0.15, -0.1) is 4.99 Å². The van der Waals surface area contributed by atoms with Crippen LogP contribution in [-0.4, -0.2) is 40.6 Å². The van der Waals surface area contributed by atoms with E-state index in [1.54, 1.807) is 6.19 Å². The van der Waals surface area contributed by atoms with Crippen molar-refractivity contribution in [3.8, 4) is 6.19 Å². The van der Waals surface area contributed by atoms with Gasteiger partial charge in [-0.1, -0.05) is 18.7 Å². The number of thioether (sulfide) groups is 1. The van der Waals surface area contributed by atoms with Gasteiger partial charge in [0.05, 0.1) is 6.10 Å². The first-order valence-corrected chi connectivity index (χ1v) is 5.85. The third kappa shape index (κ3) is 2.63. The number of hydrogen-bond donors (Lipinski definition) is 1. The minimum atomic E-state index is -0.212. The lowest BCUT2D eigenvalue weighted by Crippen LogP contribution is -2.43. The van der Waals surface area contributed by atoms with Gasteiger partial charge in [-0.3, -0.25) is 0 Å². The van der Waals surface area contributed by atoms with Crippen LogP contribution in [0.15, 0.2) is 4.99 Å². The summed E-state index contributed by atoms with van der Waals surface area (Å²) in [6.45, 7) is 3.58. The van der Waals surface area contributed by atoms with Gasteiger partial charge >= 0.3 is 0 Å². The maximum absolute atomic E-state index is 9.54. The zero-order valence-corrected chi connectivity index (χ0v) is 9.29. The molecule has 78 valence electrons. The summed E-state index contributed by atoms with van der Waals surface area (Å²) in [7, 11) is 0. The zero-order valence-electron chi connectivity index (χ0n) is 8.47. The summed E-state index contributed by atoms with van der Waals surface area (Å²) in [4.78, 5) is 5.82. The van der Waals surface area contributed by atoms with E-state index in [1.165, 1.54) is 11.8 Å². The Morgan fingerprint density at radius 1 is 1.71 bits per heavy atom. The average Bonchev–Trinajstić information content (AvgIpc) is 2.19. The SMILES string of the molecule is CSC(=NC#N)N1CCC(O)C(C)C1. The monoisotopic (exact) mass is 213 g/mol. The Bertz CT molecular complexity index is 261. The van der Waals surface area contributed by atoms with E-state index in [-0.39, 0.29) is 12.0 Å². The van der Waals surface area contributed by atoms with Crippen molar-refractivity contribution in [1.29, 1.82) is 5.26 Å². The van der Waals surface area contributed by atoms with Gasteiger partial charge in [0.15, 0.2) is 5.17 Å². The summed E-state index contributed by atoms with van der Waals surface area (Å²) >= 11 is 1.48. The maximum atomic E-state index is 9.54. The van der Waals surface area contributed by atoms with Crippen molar-refractivity contribution >= 4 is 16.9 Å². The van der Waals surface area contributed by atoms with Crippen LogP contribution in [0.5, 0.6) is 0 Å². The highest BCUT2D eigenvalue weighted by Gasteiger charge is 2.25. The van der Waals surface area contributed by atoms with Crippen LogP contribution in [0.25, 0.3) is 0 Å². The van der Waals surface area contributed by atoms with Crippen molar-refractivity contribution < 1.29 is 5.11 Å². The summed E-state index contributed by atoms with van der Waals surface area (Å²) in [5, 5.41) is 18.8. The van der Waals surface area contributed by atoms with Gasteiger partial charge in [-0.25, -0.2) is 0 Å². The molecule has 0 bridgehead atoms. The third-order valence-electron chi connectivity index (χ3n) is 2.46. The highest BCUT2D eigenvalue weighted by atomic mass is 32.2. The molecule has 4 nitrogen and oxygen atoms in total. The fourth-order valence-corrected chi connectivity index (χ4v) is 2.15. The van der Waals surface area contributed by atoms with E-state index in [2.05, 4.69) is 9.89 Å². The van der Waals surface area contributed by atoms with Gasteiger partial charge in [-0.05, 0) is 18.6 Å².